The molecule has 2 N–H and O–H groups in total. The summed E-state index contributed by atoms with van der Waals surface area (Å²) in [7, 11) is -4.59. The molecule has 3 rings (SSSR count). The summed E-state index contributed by atoms with van der Waals surface area (Å²) in [6.45, 7) is 1.89. The minimum absolute atomic E-state index is 0.00184. The first-order valence-corrected chi connectivity index (χ1v) is 13.1. The van der Waals surface area contributed by atoms with Gasteiger partial charge in [-0.1, -0.05) is 18.3 Å². The maximum Gasteiger partial charge on any atom is 0.263 e. The molecule has 0 fully saturated rings. The van der Waals surface area contributed by atoms with Gasteiger partial charge in [0.15, 0.2) is 0 Å². The van der Waals surface area contributed by atoms with E-state index in [2.05, 4.69) is 20.2 Å². The van der Waals surface area contributed by atoms with Crippen LogP contribution in [0, 0.1) is 0 Å². The highest BCUT2D eigenvalue weighted by atomic mass is 32.2. The molecule has 0 bridgehead atoms. The van der Waals surface area contributed by atoms with Crippen molar-refractivity contribution in [1.82, 2.24) is 14.5 Å². The van der Waals surface area contributed by atoms with Crippen molar-refractivity contribution >= 4 is 48.1 Å². The number of nitrogens with zero attached hydrogens (tertiary/aromatic N) is 3. The second kappa shape index (κ2) is 9.32. The molecular weight excluding hydrogens is 474 g/mol. The summed E-state index contributed by atoms with van der Waals surface area (Å²) in [5.74, 6) is -0.464. The van der Waals surface area contributed by atoms with Crippen molar-refractivity contribution in [2.24, 2.45) is 0 Å². The smallest absolute Gasteiger partial charge is 0.263 e. The lowest BCUT2D eigenvalue weighted by Crippen LogP contribution is -2.22. The van der Waals surface area contributed by atoms with Gasteiger partial charge in [-0.15, -0.1) is 10.2 Å². The van der Waals surface area contributed by atoms with Crippen molar-refractivity contribution in [2.45, 2.75) is 23.1 Å². The third-order valence-electron chi connectivity index (χ3n) is 4.31. The molecule has 0 aliphatic carbocycles. The van der Waals surface area contributed by atoms with Crippen LogP contribution in [0.4, 0.5) is 10.8 Å². The van der Waals surface area contributed by atoms with E-state index in [1.807, 2.05) is 6.92 Å². The van der Waals surface area contributed by atoms with Crippen molar-refractivity contribution in [3.63, 3.8) is 0 Å². The van der Waals surface area contributed by atoms with Gasteiger partial charge in [0.1, 0.15) is 5.01 Å². The van der Waals surface area contributed by atoms with Crippen molar-refractivity contribution in [3.8, 4) is 0 Å². The first-order valence-electron chi connectivity index (χ1n) is 9.32. The van der Waals surface area contributed by atoms with Gasteiger partial charge in [0, 0.05) is 25.3 Å². The molecule has 0 unspecified atom stereocenters. The van der Waals surface area contributed by atoms with E-state index in [4.69, 9.17) is 0 Å². The molecule has 0 atom stereocenters. The van der Waals surface area contributed by atoms with Gasteiger partial charge in [0.05, 0.1) is 9.79 Å². The molecule has 0 radical (unpaired) electrons. The Bertz CT molecular complexity index is 1320. The normalized spacial score (nSPS) is 12.0. The van der Waals surface area contributed by atoms with E-state index < -0.39 is 26.0 Å². The van der Waals surface area contributed by atoms with Gasteiger partial charge in [-0.25, -0.2) is 21.1 Å². The molecule has 2 aromatic carbocycles. The van der Waals surface area contributed by atoms with E-state index in [1.54, 1.807) is 0 Å². The van der Waals surface area contributed by atoms with Crippen LogP contribution in [0.2, 0.25) is 0 Å². The lowest BCUT2D eigenvalue weighted by atomic mass is 10.2. The highest BCUT2D eigenvalue weighted by Gasteiger charge is 2.19. The second-order valence-corrected chi connectivity index (χ2v) is 11.6. The molecule has 0 saturated carbocycles. The molecule has 10 nitrogen and oxygen atoms in total. The quantitative estimate of drug-likeness (QED) is 0.489. The molecule has 1 amide bonds. The summed E-state index contributed by atoms with van der Waals surface area (Å²) >= 11 is 1.16. The zero-order chi connectivity index (χ0) is 23.5. The molecular formula is C19H21N5O5S3. The van der Waals surface area contributed by atoms with Crippen LogP contribution in [-0.2, 0) is 26.5 Å². The topological polar surface area (TPSA) is 138 Å². The maximum atomic E-state index is 12.5. The number of carbonyl (C=O) groups excluding carboxylic acids is 1. The number of aromatic nitrogens is 2. The van der Waals surface area contributed by atoms with E-state index >= 15 is 0 Å². The largest absolute Gasteiger partial charge is 0.322 e. The standard InChI is InChI=1S/C19H21N5O5S3/c1-4-17-21-22-19(30-17)23-31(26,27)15-11-7-14(8-12-15)20-18(25)13-5-9-16(10-6-13)32(28,29)24(2)3/h5-12H,4H2,1-3H3,(H,20,25)(H,22,23). The van der Waals surface area contributed by atoms with Gasteiger partial charge in [0.2, 0.25) is 15.2 Å². The number of aryl methyl sites for hydroxylation is 1. The lowest BCUT2D eigenvalue weighted by Gasteiger charge is -2.12. The number of anilines is 2. The molecule has 0 saturated heterocycles. The number of sulfonamides is 2. The molecule has 0 spiro atoms. The molecule has 1 aromatic heterocycles. The lowest BCUT2D eigenvalue weighted by molar-refractivity contribution is 0.102. The Balaban J connectivity index is 1.69. The predicted molar refractivity (Wildman–Crippen MR) is 122 cm³/mol. The first kappa shape index (κ1) is 23.8. The zero-order valence-electron chi connectivity index (χ0n) is 17.4. The van der Waals surface area contributed by atoms with E-state index in [1.165, 1.54) is 62.6 Å². The molecule has 0 aliphatic rings. The van der Waals surface area contributed by atoms with Gasteiger partial charge < -0.3 is 5.32 Å². The van der Waals surface area contributed by atoms with Crippen LogP contribution >= 0.6 is 11.3 Å². The van der Waals surface area contributed by atoms with Crippen LogP contribution in [0.15, 0.2) is 58.3 Å². The van der Waals surface area contributed by atoms with Crippen molar-refractivity contribution in [3.05, 3.63) is 59.1 Å². The summed E-state index contributed by atoms with van der Waals surface area (Å²) in [6, 6.07) is 11.1. The SMILES string of the molecule is CCc1nnc(NS(=O)(=O)c2ccc(NC(=O)c3ccc(S(=O)(=O)N(C)C)cc3)cc2)s1. The predicted octanol–water partition coefficient (Wildman–Crippen LogP) is 2.40. The highest BCUT2D eigenvalue weighted by Crippen LogP contribution is 2.22. The Hall–Kier alpha value is -2.87. The number of carbonyl (C=O) groups is 1. The molecule has 170 valence electrons. The molecule has 0 aliphatic heterocycles. The Morgan fingerprint density at radius 1 is 0.938 bits per heavy atom. The summed E-state index contributed by atoms with van der Waals surface area (Å²) in [6.07, 6.45) is 0.655. The summed E-state index contributed by atoms with van der Waals surface area (Å²) in [5, 5.41) is 11.2. The Morgan fingerprint density at radius 3 is 2.06 bits per heavy atom. The Labute approximate surface area is 190 Å². The van der Waals surface area contributed by atoms with Gasteiger partial charge in [-0.3, -0.25) is 9.52 Å². The van der Waals surface area contributed by atoms with Crippen LogP contribution in [0.1, 0.15) is 22.3 Å². The van der Waals surface area contributed by atoms with E-state index in [0.717, 1.165) is 15.6 Å². The average molecular weight is 496 g/mol. The minimum atomic E-state index is -3.85. The summed E-state index contributed by atoms with van der Waals surface area (Å²) < 4.78 is 52.7. The summed E-state index contributed by atoms with van der Waals surface area (Å²) in [5.41, 5.74) is 0.632. The molecule has 1 heterocycles. The Morgan fingerprint density at radius 2 is 1.53 bits per heavy atom. The maximum absolute atomic E-state index is 12.5. The number of hydrogen-bond donors (Lipinski definition) is 2. The monoisotopic (exact) mass is 495 g/mol. The van der Waals surface area contributed by atoms with Gasteiger partial charge in [-0.05, 0) is 55.0 Å². The zero-order valence-corrected chi connectivity index (χ0v) is 19.9. The number of nitrogens with one attached hydrogen (secondary N) is 2. The number of amides is 1. The van der Waals surface area contributed by atoms with Gasteiger partial charge >= 0.3 is 0 Å². The number of benzene rings is 2. The van der Waals surface area contributed by atoms with Crippen LogP contribution in [-0.4, -0.2) is 51.3 Å². The van der Waals surface area contributed by atoms with Crippen LogP contribution in [0.25, 0.3) is 0 Å². The van der Waals surface area contributed by atoms with E-state index in [-0.39, 0.29) is 20.5 Å². The second-order valence-electron chi connectivity index (χ2n) is 6.75. The fourth-order valence-corrected chi connectivity index (χ4v) is 5.33. The van der Waals surface area contributed by atoms with E-state index in [0.29, 0.717) is 17.1 Å². The van der Waals surface area contributed by atoms with Gasteiger partial charge in [0.25, 0.3) is 15.9 Å². The van der Waals surface area contributed by atoms with Crippen LogP contribution in [0.3, 0.4) is 0 Å². The van der Waals surface area contributed by atoms with Crippen molar-refractivity contribution < 1.29 is 21.6 Å². The van der Waals surface area contributed by atoms with Crippen LogP contribution in [0.5, 0.6) is 0 Å². The van der Waals surface area contributed by atoms with Crippen molar-refractivity contribution in [2.75, 3.05) is 24.1 Å². The molecule has 13 heteroatoms. The minimum Gasteiger partial charge on any atom is -0.322 e. The average Bonchev–Trinajstić information content (AvgIpc) is 3.21. The highest BCUT2D eigenvalue weighted by molar-refractivity contribution is 7.93. The summed E-state index contributed by atoms with van der Waals surface area (Å²) in [4.78, 5) is 12.5. The van der Waals surface area contributed by atoms with Crippen molar-refractivity contribution in [1.29, 1.82) is 0 Å². The first-order chi connectivity index (χ1) is 15.0. The fraction of sp³-hybridized carbons (Fsp3) is 0.211. The van der Waals surface area contributed by atoms with Crippen LogP contribution < -0.4 is 10.0 Å². The third-order valence-corrected chi connectivity index (χ3v) is 8.60. The molecule has 32 heavy (non-hydrogen) atoms. The number of hydrogen-bond acceptors (Lipinski definition) is 8. The Kier molecular flexibility index (Phi) is 6.93. The number of rotatable bonds is 8. The third kappa shape index (κ3) is 5.30. The van der Waals surface area contributed by atoms with E-state index in [9.17, 15) is 21.6 Å². The molecule has 3 aromatic rings. The van der Waals surface area contributed by atoms with Gasteiger partial charge in [-0.2, -0.15) is 0 Å². The fourth-order valence-electron chi connectivity index (χ4n) is 2.52.